The third-order valence-corrected chi connectivity index (χ3v) is 4.91. The number of hydrogen-bond donors (Lipinski definition) is 3. The fraction of sp³-hybridized carbons (Fsp3) is 0.455. The summed E-state index contributed by atoms with van der Waals surface area (Å²) in [6.45, 7) is 8.31. The molecule has 2 amide bonds. The molecule has 174 valence electrons. The van der Waals surface area contributed by atoms with Crippen LogP contribution in [-0.2, 0) is 23.3 Å². The van der Waals surface area contributed by atoms with Gasteiger partial charge in [-0.2, -0.15) is 0 Å². The number of hydrogen-bond acceptors (Lipinski definition) is 5. The molecular formula is C22H31IN6O3. The summed E-state index contributed by atoms with van der Waals surface area (Å²) in [5, 5.41) is 9.13. The number of rotatable bonds is 5. The van der Waals surface area contributed by atoms with Crippen LogP contribution in [0, 0.1) is 0 Å². The highest BCUT2D eigenvalue weighted by molar-refractivity contribution is 14.0. The van der Waals surface area contributed by atoms with E-state index >= 15 is 0 Å². The highest BCUT2D eigenvalue weighted by Gasteiger charge is 2.22. The Morgan fingerprint density at radius 3 is 2.50 bits per heavy atom. The first kappa shape index (κ1) is 25.6. The van der Waals surface area contributed by atoms with Crippen LogP contribution in [0.2, 0.25) is 0 Å². The molecule has 0 bridgehead atoms. The molecule has 3 rings (SSSR count). The number of nitrogens with zero attached hydrogens (tertiary/aromatic N) is 3. The second-order valence-corrected chi connectivity index (χ2v) is 8.42. The number of piperazine rings is 1. The summed E-state index contributed by atoms with van der Waals surface area (Å²) in [4.78, 5) is 34.1. The van der Waals surface area contributed by atoms with E-state index in [9.17, 15) is 9.59 Å². The number of oxazole rings is 1. The predicted octanol–water partition coefficient (Wildman–Crippen LogP) is 2.03. The molecule has 0 aliphatic carbocycles. The maximum Gasteiger partial charge on any atom is 0.254 e. The van der Waals surface area contributed by atoms with E-state index in [2.05, 4.69) is 46.7 Å². The smallest absolute Gasteiger partial charge is 0.254 e. The largest absolute Gasteiger partial charge is 0.443 e. The molecule has 3 N–H and O–H groups in total. The second-order valence-electron chi connectivity index (χ2n) is 8.42. The summed E-state index contributed by atoms with van der Waals surface area (Å²) in [5.41, 5.74) is 1.49. The molecular weight excluding hydrogens is 523 g/mol. The van der Waals surface area contributed by atoms with Gasteiger partial charge >= 0.3 is 0 Å². The van der Waals surface area contributed by atoms with Crippen LogP contribution in [0.25, 0.3) is 0 Å². The highest BCUT2D eigenvalue weighted by Crippen LogP contribution is 2.22. The Morgan fingerprint density at radius 2 is 1.91 bits per heavy atom. The van der Waals surface area contributed by atoms with Crippen LogP contribution in [-0.4, -0.2) is 54.3 Å². The summed E-state index contributed by atoms with van der Waals surface area (Å²) < 4.78 is 5.78. The van der Waals surface area contributed by atoms with Crippen molar-refractivity contribution in [2.45, 2.75) is 39.3 Å². The van der Waals surface area contributed by atoms with Gasteiger partial charge in [-0.1, -0.05) is 32.9 Å². The van der Waals surface area contributed by atoms with Gasteiger partial charge in [-0.05, 0) is 17.7 Å². The van der Waals surface area contributed by atoms with E-state index in [1.54, 1.807) is 30.3 Å². The Bertz CT molecular complexity index is 949. The minimum atomic E-state index is -0.132. The Labute approximate surface area is 205 Å². The van der Waals surface area contributed by atoms with Crippen molar-refractivity contribution < 1.29 is 14.0 Å². The van der Waals surface area contributed by atoms with Crippen molar-refractivity contribution in [3.8, 4) is 0 Å². The molecule has 2 aromatic rings. The van der Waals surface area contributed by atoms with Gasteiger partial charge in [-0.15, -0.1) is 24.0 Å². The molecule has 9 nitrogen and oxygen atoms in total. The molecule has 0 unspecified atom stereocenters. The minimum Gasteiger partial charge on any atom is -0.443 e. The number of guanidine groups is 1. The quantitative estimate of drug-likeness (QED) is 0.297. The third kappa shape index (κ3) is 6.94. The average molecular weight is 554 g/mol. The molecule has 2 heterocycles. The summed E-state index contributed by atoms with van der Waals surface area (Å²) in [7, 11) is 1.70. The second kappa shape index (κ2) is 11.3. The van der Waals surface area contributed by atoms with Gasteiger partial charge in [0, 0.05) is 37.7 Å². The van der Waals surface area contributed by atoms with E-state index in [0.717, 1.165) is 11.3 Å². The van der Waals surface area contributed by atoms with Gasteiger partial charge in [0.25, 0.3) is 5.91 Å². The first-order chi connectivity index (χ1) is 14.8. The maximum atomic E-state index is 12.5. The standard InChI is InChI=1S/C22H30N6O3.HI/c1-22(2,3)17-12-25-19(31-17)13-27-21(23-4)26-11-15-5-7-16(8-6-15)20(30)28-10-9-24-18(29)14-28;/h5-8,12H,9-11,13-14H2,1-4H3,(H,24,29)(H2,23,26,27);1H. The number of aliphatic imine (C=N–C) groups is 1. The van der Waals surface area contributed by atoms with Crippen molar-refractivity contribution in [3.63, 3.8) is 0 Å². The highest BCUT2D eigenvalue weighted by atomic mass is 127. The number of nitrogens with one attached hydrogen (secondary N) is 3. The van der Waals surface area contributed by atoms with E-state index < -0.39 is 0 Å². The van der Waals surface area contributed by atoms with Crippen LogP contribution in [0.1, 0.15) is 48.3 Å². The number of carbonyl (C=O) groups excluding carboxylic acids is 2. The molecule has 0 radical (unpaired) electrons. The summed E-state index contributed by atoms with van der Waals surface area (Å²) in [5.74, 6) is 1.80. The lowest BCUT2D eigenvalue weighted by Crippen LogP contribution is -2.49. The van der Waals surface area contributed by atoms with Crippen LogP contribution in [0.3, 0.4) is 0 Å². The summed E-state index contributed by atoms with van der Waals surface area (Å²) in [6, 6.07) is 7.34. The van der Waals surface area contributed by atoms with Gasteiger partial charge < -0.3 is 25.3 Å². The van der Waals surface area contributed by atoms with Crippen molar-refractivity contribution in [2.24, 2.45) is 4.99 Å². The van der Waals surface area contributed by atoms with Crippen molar-refractivity contribution in [1.29, 1.82) is 0 Å². The number of aromatic nitrogens is 1. The van der Waals surface area contributed by atoms with Crippen LogP contribution in [0.4, 0.5) is 0 Å². The van der Waals surface area contributed by atoms with Crippen LogP contribution >= 0.6 is 24.0 Å². The Balaban J connectivity index is 0.00000363. The van der Waals surface area contributed by atoms with Crippen molar-refractivity contribution in [3.05, 3.63) is 53.2 Å². The van der Waals surface area contributed by atoms with E-state index in [4.69, 9.17) is 4.42 Å². The fourth-order valence-corrected chi connectivity index (χ4v) is 3.06. The van der Waals surface area contributed by atoms with E-state index in [0.29, 0.717) is 43.6 Å². The van der Waals surface area contributed by atoms with Crippen molar-refractivity contribution in [1.82, 2.24) is 25.8 Å². The fourth-order valence-electron chi connectivity index (χ4n) is 3.06. The van der Waals surface area contributed by atoms with E-state index in [-0.39, 0.29) is 47.8 Å². The van der Waals surface area contributed by atoms with Gasteiger partial charge in [0.1, 0.15) is 5.76 Å². The van der Waals surface area contributed by atoms with Gasteiger partial charge in [0.2, 0.25) is 11.8 Å². The molecule has 0 spiro atoms. The van der Waals surface area contributed by atoms with Gasteiger partial charge in [-0.25, -0.2) is 4.98 Å². The first-order valence-corrected chi connectivity index (χ1v) is 10.3. The average Bonchev–Trinajstić information content (AvgIpc) is 3.23. The van der Waals surface area contributed by atoms with Crippen LogP contribution < -0.4 is 16.0 Å². The lowest BCUT2D eigenvalue weighted by molar-refractivity contribution is -0.123. The molecule has 1 fully saturated rings. The van der Waals surface area contributed by atoms with E-state index in [1.807, 2.05) is 12.1 Å². The van der Waals surface area contributed by atoms with Gasteiger partial charge in [-0.3, -0.25) is 14.6 Å². The molecule has 1 aromatic heterocycles. The zero-order chi connectivity index (χ0) is 22.4. The third-order valence-electron chi connectivity index (χ3n) is 4.91. The lowest BCUT2D eigenvalue weighted by Gasteiger charge is -2.26. The minimum absolute atomic E-state index is 0. The molecule has 32 heavy (non-hydrogen) atoms. The molecule has 0 saturated carbocycles. The molecule has 1 aromatic carbocycles. The van der Waals surface area contributed by atoms with E-state index in [1.165, 1.54) is 0 Å². The van der Waals surface area contributed by atoms with Crippen molar-refractivity contribution >= 4 is 41.8 Å². The monoisotopic (exact) mass is 554 g/mol. The zero-order valence-corrected chi connectivity index (χ0v) is 21.2. The molecule has 1 aliphatic heterocycles. The number of benzene rings is 1. The predicted molar refractivity (Wildman–Crippen MR) is 133 cm³/mol. The summed E-state index contributed by atoms with van der Waals surface area (Å²) in [6.07, 6.45) is 1.76. The normalized spacial score (nSPS) is 14.4. The lowest BCUT2D eigenvalue weighted by atomic mass is 9.94. The molecule has 0 atom stereocenters. The van der Waals surface area contributed by atoms with Gasteiger partial charge in [0.05, 0.1) is 19.3 Å². The Hall–Kier alpha value is -2.63. The topological polar surface area (TPSA) is 112 Å². The first-order valence-electron chi connectivity index (χ1n) is 10.3. The maximum absolute atomic E-state index is 12.5. The number of amides is 2. The Morgan fingerprint density at radius 1 is 1.22 bits per heavy atom. The van der Waals surface area contributed by atoms with Crippen LogP contribution in [0.15, 0.2) is 39.9 Å². The molecule has 10 heteroatoms. The zero-order valence-electron chi connectivity index (χ0n) is 18.9. The number of halogens is 1. The SMILES string of the molecule is CN=C(NCc1ccc(C(=O)N2CCNC(=O)C2)cc1)NCc1ncc(C(C)(C)C)o1.I. The van der Waals surface area contributed by atoms with Gasteiger partial charge in [0.15, 0.2) is 5.96 Å². The number of carbonyl (C=O) groups is 2. The van der Waals surface area contributed by atoms with Crippen molar-refractivity contribution in [2.75, 3.05) is 26.7 Å². The Kier molecular flexibility index (Phi) is 9.05. The molecule has 1 saturated heterocycles. The van der Waals surface area contributed by atoms with Crippen LogP contribution in [0.5, 0.6) is 0 Å². The molecule has 1 aliphatic rings. The summed E-state index contributed by atoms with van der Waals surface area (Å²) >= 11 is 0.